The van der Waals surface area contributed by atoms with E-state index in [0.29, 0.717) is 44.1 Å². The molecule has 0 radical (unpaired) electrons. The van der Waals surface area contributed by atoms with Crippen LogP contribution in [0.2, 0.25) is 0 Å². The van der Waals surface area contributed by atoms with Crippen molar-refractivity contribution in [2.45, 2.75) is 58.0 Å². The maximum atomic E-state index is 13.4. The van der Waals surface area contributed by atoms with Crippen molar-refractivity contribution in [3.8, 4) is 5.75 Å². The molecule has 0 spiro atoms. The normalized spacial score (nSPS) is 27.1. The molecule has 33 heavy (non-hydrogen) atoms. The highest BCUT2D eigenvalue weighted by Crippen LogP contribution is 2.52. The summed E-state index contributed by atoms with van der Waals surface area (Å²) in [6.45, 7) is 2.26. The zero-order valence-corrected chi connectivity index (χ0v) is 18.8. The number of fused-ring (bicyclic) bond motifs is 3. The van der Waals surface area contributed by atoms with Gasteiger partial charge in [-0.2, -0.15) is 0 Å². The Balaban J connectivity index is 1.56. The van der Waals surface area contributed by atoms with Gasteiger partial charge in [0.25, 0.3) is 0 Å². The second-order valence-corrected chi connectivity index (χ2v) is 9.16. The molecule has 176 valence electrons. The van der Waals surface area contributed by atoms with Crippen LogP contribution in [0.25, 0.3) is 0 Å². The van der Waals surface area contributed by atoms with E-state index >= 15 is 0 Å². The van der Waals surface area contributed by atoms with Crippen LogP contribution in [0, 0.1) is 17.8 Å². The van der Waals surface area contributed by atoms with E-state index in [0.717, 1.165) is 11.0 Å². The second kappa shape index (κ2) is 9.69. The minimum Gasteiger partial charge on any atom is -0.508 e. The highest BCUT2D eigenvalue weighted by molar-refractivity contribution is 6.53. The lowest BCUT2D eigenvalue weighted by molar-refractivity contribution is -0.141. The SMILES string of the molecule is CCC1=C2B(O)O[C@H](c3ccccc3O)C[C@H]2[C@H]2C(=O)N(CCCCCC(=O)O)C(=O)[C@H]2C1. The molecule has 3 aliphatic rings. The number of aromatic hydroxyl groups is 1. The number of allylic oxidation sites excluding steroid dienone is 2. The van der Waals surface area contributed by atoms with Gasteiger partial charge in [0.05, 0.1) is 17.9 Å². The van der Waals surface area contributed by atoms with Crippen molar-refractivity contribution in [3.05, 3.63) is 40.9 Å². The van der Waals surface area contributed by atoms with Gasteiger partial charge in [-0.05, 0) is 49.6 Å². The molecule has 2 aliphatic heterocycles. The fourth-order valence-corrected chi connectivity index (χ4v) is 5.72. The summed E-state index contributed by atoms with van der Waals surface area (Å²) in [5.41, 5.74) is 2.24. The highest BCUT2D eigenvalue weighted by Gasteiger charge is 2.57. The Labute approximate surface area is 193 Å². The molecular weight excluding hydrogens is 425 g/mol. The number of nitrogens with zero attached hydrogens (tertiary/aromatic N) is 1. The molecular formula is C24H30BNO7. The fraction of sp³-hybridized carbons (Fsp3) is 0.542. The van der Waals surface area contributed by atoms with Crippen LogP contribution in [0.1, 0.15) is 63.5 Å². The van der Waals surface area contributed by atoms with Gasteiger partial charge in [-0.1, -0.05) is 37.1 Å². The van der Waals surface area contributed by atoms with E-state index in [1.54, 1.807) is 24.3 Å². The maximum absolute atomic E-state index is 13.4. The van der Waals surface area contributed by atoms with Gasteiger partial charge in [0.2, 0.25) is 11.8 Å². The average Bonchev–Trinajstić information content (AvgIpc) is 3.02. The van der Waals surface area contributed by atoms with Crippen molar-refractivity contribution in [2.75, 3.05) is 6.54 Å². The average molecular weight is 455 g/mol. The van der Waals surface area contributed by atoms with Crippen molar-refractivity contribution >= 4 is 24.9 Å². The summed E-state index contributed by atoms with van der Waals surface area (Å²) >= 11 is 0. The molecule has 0 unspecified atom stereocenters. The first kappa shape index (κ1) is 23.5. The predicted octanol–water partition coefficient (Wildman–Crippen LogP) is 2.85. The molecule has 4 rings (SSSR count). The van der Waals surface area contributed by atoms with E-state index in [9.17, 15) is 24.5 Å². The summed E-state index contributed by atoms with van der Waals surface area (Å²) in [7, 11) is -1.18. The number of hydrogen-bond donors (Lipinski definition) is 3. The lowest BCUT2D eigenvalue weighted by atomic mass is 9.55. The molecule has 1 aromatic carbocycles. The molecule has 1 aliphatic carbocycles. The van der Waals surface area contributed by atoms with Gasteiger partial charge in [-0.25, -0.2) is 0 Å². The van der Waals surface area contributed by atoms with Crippen molar-refractivity contribution < 1.29 is 34.3 Å². The van der Waals surface area contributed by atoms with Crippen LogP contribution in [0.5, 0.6) is 5.75 Å². The Morgan fingerprint density at radius 2 is 1.91 bits per heavy atom. The Bertz CT molecular complexity index is 977. The summed E-state index contributed by atoms with van der Waals surface area (Å²) in [5.74, 6) is -2.50. The number of para-hydroxylation sites is 1. The van der Waals surface area contributed by atoms with Gasteiger partial charge < -0.3 is 19.9 Å². The molecule has 4 atom stereocenters. The van der Waals surface area contributed by atoms with E-state index in [4.69, 9.17) is 9.76 Å². The van der Waals surface area contributed by atoms with Crippen LogP contribution in [0.4, 0.5) is 0 Å². The first-order valence-electron chi connectivity index (χ1n) is 11.7. The fourth-order valence-electron chi connectivity index (χ4n) is 5.72. The molecule has 2 saturated heterocycles. The van der Waals surface area contributed by atoms with Crippen LogP contribution in [0.3, 0.4) is 0 Å². The van der Waals surface area contributed by atoms with Gasteiger partial charge >= 0.3 is 13.1 Å². The zero-order chi connectivity index (χ0) is 23.7. The van der Waals surface area contributed by atoms with E-state index < -0.39 is 31.0 Å². The first-order chi connectivity index (χ1) is 15.8. The second-order valence-electron chi connectivity index (χ2n) is 9.16. The summed E-state index contributed by atoms with van der Waals surface area (Å²) < 4.78 is 5.88. The number of phenolic OH excluding ortho intramolecular Hbond substituents is 1. The number of amides is 2. The van der Waals surface area contributed by atoms with E-state index in [-0.39, 0.29) is 36.4 Å². The molecule has 1 aromatic rings. The van der Waals surface area contributed by atoms with E-state index in [2.05, 4.69) is 0 Å². The van der Waals surface area contributed by atoms with Crippen molar-refractivity contribution in [1.82, 2.24) is 4.90 Å². The van der Waals surface area contributed by atoms with Gasteiger partial charge in [0.15, 0.2) is 0 Å². The van der Waals surface area contributed by atoms with Crippen LogP contribution < -0.4 is 0 Å². The summed E-state index contributed by atoms with van der Waals surface area (Å²) in [6, 6.07) is 6.80. The summed E-state index contributed by atoms with van der Waals surface area (Å²) in [6.07, 6.45) is 2.71. The van der Waals surface area contributed by atoms with Crippen molar-refractivity contribution in [1.29, 1.82) is 0 Å². The Hall–Kier alpha value is -2.65. The maximum Gasteiger partial charge on any atom is 0.487 e. The molecule has 3 N–H and O–H groups in total. The van der Waals surface area contributed by atoms with Crippen molar-refractivity contribution in [3.63, 3.8) is 0 Å². The van der Waals surface area contributed by atoms with Crippen LogP contribution >= 0.6 is 0 Å². The minimum absolute atomic E-state index is 0.0713. The molecule has 8 nitrogen and oxygen atoms in total. The number of carbonyl (C=O) groups is 3. The number of imide groups is 1. The topological polar surface area (TPSA) is 124 Å². The van der Waals surface area contributed by atoms with Gasteiger partial charge in [-0.15, -0.1) is 0 Å². The molecule has 2 amide bonds. The number of phenols is 1. The van der Waals surface area contributed by atoms with E-state index in [1.165, 1.54) is 4.90 Å². The quantitative estimate of drug-likeness (QED) is 0.313. The van der Waals surface area contributed by atoms with E-state index in [1.807, 2.05) is 6.92 Å². The number of carboxylic acids is 1. The van der Waals surface area contributed by atoms with Crippen LogP contribution in [0.15, 0.2) is 35.3 Å². The number of unbranched alkanes of at least 4 members (excludes halogenated alkanes) is 2. The monoisotopic (exact) mass is 455 g/mol. The number of rotatable bonds is 8. The lowest BCUT2D eigenvalue weighted by Crippen LogP contribution is -2.44. The summed E-state index contributed by atoms with van der Waals surface area (Å²) in [4.78, 5) is 38.6. The Kier molecular flexibility index (Phi) is 6.90. The third kappa shape index (κ3) is 4.44. The first-order valence-corrected chi connectivity index (χ1v) is 11.7. The Morgan fingerprint density at radius 1 is 1.15 bits per heavy atom. The summed E-state index contributed by atoms with van der Waals surface area (Å²) in [5, 5.41) is 30.0. The molecule has 0 aromatic heterocycles. The highest BCUT2D eigenvalue weighted by atomic mass is 16.5. The van der Waals surface area contributed by atoms with Crippen molar-refractivity contribution in [2.24, 2.45) is 17.8 Å². The molecule has 2 heterocycles. The molecule has 0 saturated carbocycles. The van der Waals surface area contributed by atoms with Crippen LogP contribution in [-0.4, -0.2) is 51.6 Å². The predicted molar refractivity (Wildman–Crippen MR) is 120 cm³/mol. The van der Waals surface area contributed by atoms with Gasteiger partial charge in [0.1, 0.15) is 5.75 Å². The number of likely N-dealkylation sites (tertiary alicyclic amines) is 1. The molecule has 2 fully saturated rings. The Morgan fingerprint density at radius 3 is 2.61 bits per heavy atom. The largest absolute Gasteiger partial charge is 0.508 e. The number of carbonyl (C=O) groups excluding carboxylic acids is 2. The van der Waals surface area contributed by atoms with Crippen LogP contribution in [-0.2, 0) is 19.0 Å². The standard InChI is InChI=1S/C24H30BNO7/c1-2-14-12-17-21(24(31)26(23(17)30)11-7-3-4-10-20(28)29)16-13-19(33-25(32)22(14)16)15-8-5-6-9-18(15)27/h5-6,8-9,16-17,19,21,27,32H,2-4,7,10-13H2,1H3,(H,28,29)/t16-,17-,19-,21+/m0/s1. The smallest absolute Gasteiger partial charge is 0.487 e. The minimum atomic E-state index is -1.18. The van der Waals surface area contributed by atoms with Gasteiger partial charge in [0, 0.05) is 18.5 Å². The number of carboxylic acid groups (broad SMARTS) is 1. The number of benzene rings is 1. The molecule has 0 bridgehead atoms. The van der Waals surface area contributed by atoms with Gasteiger partial charge in [-0.3, -0.25) is 19.3 Å². The third-order valence-corrected chi connectivity index (χ3v) is 7.29. The number of aliphatic carboxylic acids is 1. The molecule has 9 heteroatoms. The number of hydrogen-bond acceptors (Lipinski definition) is 6. The third-order valence-electron chi connectivity index (χ3n) is 7.29. The zero-order valence-electron chi connectivity index (χ0n) is 18.8. The lowest BCUT2D eigenvalue weighted by Gasteiger charge is -2.42.